The second kappa shape index (κ2) is 7.28. The predicted molar refractivity (Wildman–Crippen MR) is 89.5 cm³/mol. The highest BCUT2D eigenvalue weighted by molar-refractivity contribution is 5.78. The van der Waals surface area contributed by atoms with Gasteiger partial charge in [-0.2, -0.15) is 0 Å². The molecule has 0 bridgehead atoms. The summed E-state index contributed by atoms with van der Waals surface area (Å²) < 4.78 is 0. The van der Waals surface area contributed by atoms with Crippen LogP contribution < -0.4 is 5.32 Å². The molecule has 1 atom stereocenters. The largest absolute Gasteiger partial charge is 0.348 e. The Labute approximate surface area is 134 Å². The molecule has 3 nitrogen and oxygen atoms in total. The molecule has 0 saturated heterocycles. The van der Waals surface area contributed by atoms with E-state index in [-0.39, 0.29) is 11.9 Å². The number of nitrogens with one attached hydrogen (secondary N) is 1. The van der Waals surface area contributed by atoms with Crippen molar-refractivity contribution in [3.8, 4) is 0 Å². The van der Waals surface area contributed by atoms with Crippen LogP contribution in [0.5, 0.6) is 0 Å². The van der Waals surface area contributed by atoms with E-state index < -0.39 is 0 Å². The highest BCUT2D eigenvalue weighted by Crippen LogP contribution is 2.35. The predicted octanol–water partition coefficient (Wildman–Crippen LogP) is 3.38. The van der Waals surface area contributed by atoms with Crippen LogP contribution in [0.25, 0.3) is 0 Å². The quantitative estimate of drug-likeness (QED) is 0.837. The lowest BCUT2D eigenvalue weighted by Gasteiger charge is -2.26. The van der Waals surface area contributed by atoms with Gasteiger partial charge >= 0.3 is 0 Å². The third-order valence-electron chi connectivity index (χ3n) is 5.03. The van der Waals surface area contributed by atoms with Gasteiger partial charge in [-0.1, -0.05) is 43.2 Å². The Hall–Kier alpha value is -1.35. The molecule has 1 aromatic carbocycles. The molecule has 22 heavy (non-hydrogen) atoms. The zero-order valence-electron chi connectivity index (χ0n) is 13.6. The van der Waals surface area contributed by atoms with E-state index in [1.165, 1.54) is 44.1 Å². The van der Waals surface area contributed by atoms with Crippen LogP contribution in [-0.4, -0.2) is 30.9 Å². The van der Waals surface area contributed by atoms with Crippen molar-refractivity contribution in [3.05, 3.63) is 35.9 Å². The minimum atomic E-state index is 0.170. The molecule has 2 saturated carbocycles. The fourth-order valence-electron chi connectivity index (χ4n) is 3.69. The first-order chi connectivity index (χ1) is 10.7. The van der Waals surface area contributed by atoms with E-state index in [1.807, 2.05) is 6.07 Å². The topological polar surface area (TPSA) is 32.3 Å². The Morgan fingerprint density at radius 2 is 1.86 bits per heavy atom. The molecule has 0 radical (unpaired) electrons. The lowest BCUT2D eigenvalue weighted by atomic mass is 9.91. The molecule has 120 valence electrons. The Morgan fingerprint density at radius 1 is 1.18 bits per heavy atom. The molecule has 0 aliphatic heterocycles. The van der Waals surface area contributed by atoms with Gasteiger partial charge in [-0.15, -0.1) is 0 Å². The van der Waals surface area contributed by atoms with E-state index in [9.17, 15) is 4.79 Å². The van der Waals surface area contributed by atoms with Crippen LogP contribution in [0.15, 0.2) is 30.3 Å². The summed E-state index contributed by atoms with van der Waals surface area (Å²) in [7, 11) is 2.06. The van der Waals surface area contributed by atoms with Crippen molar-refractivity contribution in [1.82, 2.24) is 10.2 Å². The van der Waals surface area contributed by atoms with Crippen LogP contribution in [0.4, 0.5) is 0 Å². The Morgan fingerprint density at radius 3 is 2.50 bits per heavy atom. The molecule has 0 spiro atoms. The number of nitrogens with zero attached hydrogens (tertiary/aromatic N) is 1. The fraction of sp³-hybridized carbons (Fsp3) is 0.632. The molecular formula is C19H28N2O. The first-order valence-electron chi connectivity index (χ1n) is 8.75. The summed E-state index contributed by atoms with van der Waals surface area (Å²) in [5.74, 6) is 1.60. The normalized spacial score (nSPS) is 20.3. The van der Waals surface area contributed by atoms with E-state index in [0.717, 1.165) is 12.5 Å². The average molecular weight is 300 g/mol. The van der Waals surface area contributed by atoms with Crippen molar-refractivity contribution in [1.29, 1.82) is 0 Å². The van der Waals surface area contributed by atoms with E-state index in [1.54, 1.807) is 0 Å². The summed E-state index contributed by atoms with van der Waals surface area (Å²) in [5.41, 5.74) is 1.26. The highest BCUT2D eigenvalue weighted by atomic mass is 16.2. The molecule has 2 aliphatic rings. The minimum absolute atomic E-state index is 0.170. The number of hydrogen-bond acceptors (Lipinski definition) is 2. The van der Waals surface area contributed by atoms with Crippen molar-refractivity contribution in [2.24, 2.45) is 11.8 Å². The fourth-order valence-corrected chi connectivity index (χ4v) is 3.69. The molecule has 1 amide bonds. The molecule has 1 N–H and O–H groups in total. The third kappa shape index (κ3) is 4.33. The van der Waals surface area contributed by atoms with Gasteiger partial charge in [-0.25, -0.2) is 0 Å². The van der Waals surface area contributed by atoms with Crippen molar-refractivity contribution in [3.63, 3.8) is 0 Å². The van der Waals surface area contributed by atoms with Crippen LogP contribution in [0, 0.1) is 11.8 Å². The van der Waals surface area contributed by atoms with E-state index in [0.29, 0.717) is 12.5 Å². The number of carbonyl (C=O) groups is 1. The summed E-state index contributed by atoms with van der Waals surface area (Å²) >= 11 is 0. The molecule has 0 heterocycles. The SMILES string of the molecule is CN(CC(=O)NC(c1ccccc1)C1CCCC1)CC1CC1. The smallest absolute Gasteiger partial charge is 0.234 e. The van der Waals surface area contributed by atoms with Gasteiger partial charge in [0.15, 0.2) is 0 Å². The Kier molecular flexibility index (Phi) is 5.14. The van der Waals surface area contributed by atoms with Crippen LogP contribution >= 0.6 is 0 Å². The van der Waals surface area contributed by atoms with E-state index in [4.69, 9.17) is 0 Å². The van der Waals surface area contributed by atoms with Gasteiger partial charge in [0.2, 0.25) is 5.91 Å². The number of carbonyl (C=O) groups excluding carboxylic acids is 1. The first kappa shape index (κ1) is 15.5. The zero-order chi connectivity index (χ0) is 15.4. The van der Waals surface area contributed by atoms with Gasteiger partial charge in [-0.3, -0.25) is 9.69 Å². The van der Waals surface area contributed by atoms with Crippen molar-refractivity contribution >= 4 is 5.91 Å². The van der Waals surface area contributed by atoms with Crippen LogP contribution in [0.2, 0.25) is 0 Å². The summed E-state index contributed by atoms with van der Waals surface area (Å²) in [6.45, 7) is 1.58. The monoisotopic (exact) mass is 300 g/mol. The van der Waals surface area contributed by atoms with Gasteiger partial charge in [0.1, 0.15) is 0 Å². The van der Waals surface area contributed by atoms with E-state index in [2.05, 4.69) is 41.5 Å². The maximum atomic E-state index is 12.4. The van der Waals surface area contributed by atoms with Crippen LogP contribution in [-0.2, 0) is 4.79 Å². The number of amides is 1. The van der Waals surface area contributed by atoms with Crippen molar-refractivity contribution < 1.29 is 4.79 Å². The molecular weight excluding hydrogens is 272 g/mol. The average Bonchev–Trinajstić information content (AvgIpc) is 3.16. The third-order valence-corrected chi connectivity index (χ3v) is 5.03. The van der Waals surface area contributed by atoms with Gasteiger partial charge in [0, 0.05) is 6.54 Å². The molecule has 3 rings (SSSR count). The second-order valence-electron chi connectivity index (χ2n) is 7.14. The minimum Gasteiger partial charge on any atom is -0.348 e. The first-order valence-corrected chi connectivity index (χ1v) is 8.75. The van der Waals surface area contributed by atoms with Crippen LogP contribution in [0.3, 0.4) is 0 Å². The summed E-state index contributed by atoms with van der Waals surface area (Å²) in [4.78, 5) is 14.6. The Bertz CT molecular complexity index is 477. The number of likely N-dealkylation sites (N-methyl/N-ethyl adjacent to an activating group) is 1. The standard InChI is InChI=1S/C19H28N2O/c1-21(13-15-11-12-15)14-18(22)20-19(17-9-5-6-10-17)16-7-3-2-4-8-16/h2-4,7-8,15,17,19H,5-6,9-14H2,1H3,(H,20,22). The Balaban J connectivity index is 1.60. The summed E-state index contributed by atoms with van der Waals surface area (Å²) in [6.07, 6.45) is 7.73. The maximum absolute atomic E-state index is 12.4. The zero-order valence-corrected chi connectivity index (χ0v) is 13.6. The lowest BCUT2D eigenvalue weighted by Crippen LogP contribution is -2.39. The van der Waals surface area contributed by atoms with Gasteiger partial charge in [-0.05, 0) is 50.1 Å². The summed E-state index contributed by atoms with van der Waals surface area (Å²) in [5, 5.41) is 3.32. The highest BCUT2D eigenvalue weighted by Gasteiger charge is 2.28. The summed E-state index contributed by atoms with van der Waals surface area (Å²) in [6, 6.07) is 10.7. The molecule has 1 aromatic rings. The molecule has 2 fully saturated rings. The van der Waals surface area contributed by atoms with Gasteiger partial charge < -0.3 is 5.32 Å². The molecule has 3 heteroatoms. The number of rotatable bonds is 7. The second-order valence-corrected chi connectivity index (χ2v) is 7.14. The maximum Gasteiger partial charge on any atom is 0.234 e. The van der Waals surface area contributed by atoms with E-state index >= 15 is 0 Å². The number of hydrogen-bond donors (Lipinski definition) is 1. The molecule has 0 aromatic heterocycles. The van der Waals surface area contributed by atoms with Crippen molar-refractivity contribution in [2.45, 2.75) is 44.6 Å². The number of benzene rings is 1. The van der Waals surface area contributed by atoms with Gasteiger partial charge in [0.25, 0.3) is 0 Å². The van der Waals surface area contributed by atoms with Crippen molar-refractivity contribution in [2.75, 3.05) is 20.1 Å². The van der Waals surface area contributed by atoms with Gasteiger partial charge in [0.05, 0.1) is 12.6 Å². The molecule has 1 unspecified atom stereocenters. The van der Waals surface area contributed by atoms with Crippen LogP contribution in [0.1, 0.15) is 50.1 Å². The lowest BCUT2D eigenvalue weighted by molar-refractivity contribution is -0.123. The molecule has 2 aliphatic carbocycles.